The molecule has 19 heavy (non-hydrogen) atoms. The minimum atomic E-state index is -0.0816. The highest BCUT2D eigenvalue weighted by atomic mass is 16.5. The lowest BCUT2D eigenvalue weighted by Crippen LogP contribution is -2.30. The van der Waals surface area contributed by atoms with Gasteiger partial charge in [0.1, 0.15) is 5.75 Å². The van der Waals surface area contributed by atoms with Crippen LogP contribution in [-0.4, -0.2) is 16.4 Å². The molecule has 0 spiro atoms. The molecule has 5 heteroatoms. The molecule has 2 aromatic rings. The second-order valence-corrected chi connectivity index (χ2v) is 4.44. The molecule has 5 nitrogen and oxygen atoms in total. The van der Waals surface area contributed by atoms with Crippen molar-refractivity contribution in [3.63, 3.8) is 0 Å². The lowest BCUT2D eigenvalue weighted by atomic mass is 10.0. The number of aromatic nitrogens is 2. The summed E-state index contributed by atoms with van der Waals surface area (Å²) in [4.78, 5) is 0. The van der Waals surface area contributed by atoms with E-state index in [1.54, 1.807) is 0 Å². The van der Waals surface area contributed by atoms with Gasteiger partial charge >= 0.3 is 0 Å². The standard InChI is InChI=1S/C14H20N4O/c1-4-19-12-7-5-11(6-8-12)14(16-15)13-9-10(2)17-18(13)3/h5-9,14,16H,4,15H2,1-3H3. The van der Waals surface area contributed by atoms with Crippen molar-refractivity contribution in [1.82, 2.24) is 15.2 Å². The number of nitrogens with two attached hydrogens (primary N) is 1. The highest BCUT2D eigenvalue weighted by Crippen LogP contribution is 2.23. The van der Waals surface area contributed by atoms with E-state index in [2.05, 4.69) is 10.5 Å². The Labute approximate surface area is 113 Å². The van der Waals surface area contributed by atoms with Crippen molar-refractivity contribution in [1.29, 1.82) is 0 Å². The Hall–Kier alpha value is -1.85. The quantitative estimate of drug-likeness (QED) is 0.634. The van der Waals surface area contributed by atoms with E-state index in [0.717, 1.165) is 22.7 Å². The van der Waals surface area contributed by atoms with Crippen molar-refractivity contribution in [2.75, 3.05) is 6.61 Å². The fourth-order valence-corrected chi connectivity index (χ4v) is 2.18. The molecule has 1 aromatic heterocycles. The van der Waals surface area contributed by atoms with E-state index in [-0.39, 0.29) is 6.04 Å². The van der Waals surface area contributed by atoms with Gasteiger partial charge < -0.3 is 4.74 Å². The number of rotatable bonds is 5. The Morgan fingerprint density at radius 3 is 2.53 bits per heavy atom. The Bertz CT molecular complexity index is 533. The van der Waals surface area contributed by atoms with Gasteiger partial charge in [0.2, 0.25) is 0 Å². The monoisotopic (exact) mass is 260 g/mol. The van der Waals surface area contributed by atoms with E-state index in [1.807, 2.05) is 55.9 Å². The van der Waals surface area contributed by atoms with Crippen LogP contribution in [0.25, 0.3) is 0 Å². The van der Waals surface area contributed by atoms with Gasteiger partial charge in [-0.2, -0.15) is 5.10 Å². The Kier molecular flexibility index (Phi) is 4.19. The van der Waals surface area contributed by atoms with Crippen molar-refractivity contribution >= 4 is 0 Å². The van der Waals surface area contributed by atoms with Crippen LogP contribution in [0, 0.1) is 6.92 Å². The van der Waals surface area contributed by atoms with Crippen LogP contribution < -0.4 is 16.0 Å². The summed E-state index contributed by atoms with van der Waals surface area (Å²) in [7, 11) is 1.92. The lowest BCUT2D eigenvalue weighted by molar-refractivity contribution is 0.340. The molecule has 102 valence electrons. The third kappa shape index (κ3) is 2.94. The predicted molar refractivity (Wildman–Crippen MR) is 74.7 cm³/mol. The molecule has 0 saturated carbocycles. The molecule has 0 bridgehead atoms. The fraction of sp³-hybridized carbons (Fsp3) is 0.357. The second-order valence-electron chi connectivity index (χ2n) is 4.44. The summed E-state index contributed by atoms with van der Waals surface area (Å²) in [5.74, 6) is 6.55. The van der Waals surface area contributed by atoms with Gasteiger partial charge in [-0.1, -0.05) is 12.1 Å². The van der Waals surface area contributed by atoms with Crippen LogP contribution in [0.2, 0.25) is 0 Å². The molecule has 0 amide bonds. The van der Waals surface area contributed by atoms with E-state index >= 15 is 0 Å². The van der Waals surface area contributed by atoms with Crippen LogP contribution in [0.1, 0.15) is 29.9 Å². The molecule has 0 saturated heterocycles. The van der Waals surface area contributed by atoms with Gasteiger partial charge in [-0.25, -0.2) is 5.43 Å². The Morgan fingerprint density at radius 1 is 1.37 bits per heavy atom. The van der Waals surface area contributed by atoms with Gasteiger partial charge in [-0.15, -0.1) is 0 Å². The Morgan fingerprint density at radius 2 is 2.05 bits per heavy atom. The van der Waals surface area contributed by atoms with Gasteiger partial charge in [-0.05, 0) is 37.6 Å². The zero-order chi connectivity index (χ0) is 13.8. The maximum absolute atomic E-state index is 5.69. The third-order valence-electron chi connectivity index (χ3n) is 3.03. The largest absolute Gasteiger partial charge is 0.494 e. The SMILES string of the molecule is CCOc1ccc(C(NN)c2cc(C)nn2C)cc1. The van der Waals surface area contributed by atoms with E-state index in [9.17, 15) is 0 Å². The number of nitrogens with zero attached hydrogens (tertiary/aromatic N) is 2. The topological polar surface area (TPSA) is 65.1 Å². The van der Waals surface area contributed by atoms with E-state index in [0.29, 0.717) is 6.61 Å². The molecule has 0 fully saturated rings. The summed E-state index contributed by atoms with van der Waals surface area (Å²) in [6.45, 7) is 4.60. The van der Waals surface area contributed by atoms with Gasteiger partial charge in [0.05, 0.1) is 24.0 Å². The number of nitrogens with one attached hydrogen (secondary N) is 1. The summed E-state index contributed by atoms with van der Waals surface area (Å²) in [6.07, 6.45) is 0. The first-order valence-corrected chi connectivity index (χ1v) is 6.35. The summed E-state index contributed by atoms with van der Waals surface area (Å²) >= 11 is 0. The molecule has 1 unspecified atom stereocenters. The van der Waals surface area contributed by atoms with E-state index in [1.165, 1.54) is 0 Å². The van der Waals surface area contributed by atoms with Crippen LogP contribution in [0.4, 0.5) is 0 Å². The minimum Gasteiger partial charge on any atom is -0.494 e. The van der Waals surface area contributed by atoms with Gasteiger partial charge in [0.15, 0.2) is 0 Å². The van der Waals surface area contributed by atoms with E-state index in [4.69, 9.17) is 10.6 Å². The second kappa shape index (κ2) is 5.86. The minimum absolute atomic E-state index is 0.0816. The molecule has 2 rings (SSSR count). The molecule has 0 aliphatic heterocycles. The van der Waals surface area contributed by atoms with Gasteiger partial charge in [0.25, 0.3) is 0 Å². The normalized spacial score (nSPS) is 12.4. The van der Waals surface area contributed by atoms with Crippen LogP contribution in [0.3, 0.4) is 0 Å². The molecule has 0 radical (unpaired) electrons. The molecule has 1 aromatic carbocycles. The summed E-state index contributed by atoms with van der Waals surface area (Å²) in [5.41, 5.74) is 5.92. The number of hydrogen-bond acceptors (Lipinski definition) is 4. The first-order chi connectivity index (χ1) is 9.15. The van der Waals surface area contributed by atoms with Gasteiger partial charge in [0, 0.05) is 7.05 Å². The fourth-order valence-electron chi connectivity index (χ4n) is 2.18. The number of hydrogen-bond donors (Lipinski definition) is 2. The van der Waals surface area contributed by atoms with E-state index < -0.39 is 0 Å². The molecule has 3 N–H and O–H groups in total. The first kappa shape index (κ1) is 13.6. The lowest BCUT2D eigenvalue weighted by Gasteiger charge is -2.17. The Balaban J connectivity index is 2.29. The average molecular weight is 260 g/mol. The van der Waals surface area contributed by atoms with Crippen LogP contribution in [0.5, 0.6) is 5.75 Å². The number of ether oxygens (including phenoxy) is 1. The third-order valence-corrected chi connectivity index (χ3v) is 3.03. The molecule has 0 aliphatic rings. The molecular formula is C14H20N4O. The highest BCUT2D eigenvalue weighted by molar-refractivity contribution is 5.33. The zero-order valence-corrected chi connectivity index (χ0v) is 11.6. The van der Waals surface area contributed by atoms with Crippen molar-refractivity contribution in [2.45, 2.75) is 19.9 Å². The van der Waals surface area contributed by atoms with Crippen LogP contribution in [0.15, 0.2) is 30.3 Å². The summed E-state index contributed by atoms with van der Waals surface area (Å²) in [5, 5.41) is 4.35. The molecule has 0 aliphatic carbocycles. The first-order valence-electron chi connectivity index (χ1n) is 6.35. The maximum atomic E-state index is 5.69. The molecular weight excluding hydrogens is 240 g/mol. The summed E-state index contributed by atoms with van der Waals surface area (Å²) < 4.78 is 7.28. The molecule has 1 atom stereocenters. The highest BCUT2D eigenvalue weighted by Gasteiger charge is 2.16. The van der Waals surface area contributed by atoms with Crippen LogP contribution in [-0.2, 0) is 7.05 Å². The molecule has 1 heterocycles. The smallest absolute Gasteiger partial charge is 0.119 e. The van der Waals surface area contributed by atoms with Crippen molar-refractivity contribution < 1.29 is 4.74 Å². The predicted octanol–water partition coefficient (Wildman–Crippen LogP) is 1.68. The van der Waals surface area contributed by atoms with Crippen molar-refractivity contribution in [2.24, 2.45) is 12.9 Å². The average Bonchev–Trinajstić information content (AvgIpc) is 2.72. The number of hydrazine groups is 1. The number of benzene rings is 1. The maximum Gasteiger partial charge on any atom is 0.119 e. The van der Waals surface area contributed by atoms with Crippen molar-refractivity contribution in [3.8, 4) is 5.75 Å². The number of aryl methyl sites for hydroxylation is 2. The van der Waals surface area contributed by atoms with Crippen molar-refractivity contribution in [3.05, 3.63) is 47.3 Å². The van der Waals surface area contributed by atoms with Gasteiger partial charge in [-0.3, -0.25) is 10.5 Å². The van der Waals surface area contributed by atoms with Crippen LogP contribution >= 0.6 is 0 Å². The zero-order valence-electron chi connectivity index (χ0n) is 11.6. The summed E-state index contributed by atoms with van der Waals surface area (Å²) in [6, 6.07) is 9.87.